The molecule has 3 aromatic rings. The van der Waals surface area contributed by atoms with Crippen LogP contribution in [0.4, 0.5) is 0 Å². The summed E-state index contributed by atoms with van der Waals surface area (Å²) in [6, 6.07) is 7.09. The monoisotopic (exact) mass is 372 g/mol. The van der Waals surface area contributed by atoms with Gasteiger partial charge in [0.1, 0.15) is 16.4 Å². The number of aryl methyl sites for hydroxylation is 1. The first kappa shape index (κ1) is 16.7. The second-order valence-corrected chi connectivity index (χ2v) is 9.23. The lowest BCUT2D eigenvalue weighted by atomic mass is 9.89. The van der Waals surface area contributed by atoms with Crippen LogP contribution in [0, 0.1) is 5.92 Å². The van der Waals surface area contributed by atoms with E-state index in [1.54, 1.807) is 35.2 Å². The molecular formula is C19H20N2O2S2. The zero-order valence-corrected chi connectivity index (χ0v) is 15.8. The Morgan fingerprint density at radius 3 is 2.88 bits per heavy atom. The number of thioether (sulfide) groups is 1. The number of rotatable bonds is 3. The number of nitrogens with one attached hydrogen (secondary N) is 1. The minimum atomic E-state index is -0.00907. The van der Waals surface area contributed by atoms with Crippen LogP contribution >= 0.6 is 23.1 Å². The van der Waals surface area contributed by atoms with Gasteiger partial charge in [0.05, 0.1) is 10.6 Å². The van der Waals surface area contributed by atoms with Crippen molar-refractivity contribution in [3.05, 3.63) is 50.9 Å². The molecule has 0 saturated carbocycles. The van der Waals surface area contributed by atoms with Gasteiger partial charge < -0.3 is 10.1 Å². The summed E-state index contributed by atoms with van der Waals surface area (Å²) in [4.78, 5) is 23.7. The van der Waals surface area contributed by atoms with Crippen LogP contribution in [0.5, 0.6) is 5.75 Å². The van der Waals surface area contributed by atoms with Gasteiger partial charge in [0.25, 0.3) is 5.56 Å². The third-order valence-corrected chi connectivity index (χ3v) is 6.99. The quantitative estimate of drug-likeness (QED) is 0.656. The number of benzene rings is 1. The Labute approximate surface area is 154 Å². The molecule has 1 aromatic carbocycles. The summed E-state index contributed by atoms with van der Waals surface area (Å²) in [7, 11) is 0. The molecule has 2 atom stereocenters. The van der Waals surface area contributed by atoms with Gasteiger partial charge in [0.2, 0.25) is 0 Å². The molecule has 0 fully saturated rings. The molecule has 2 unspecified atom stereocenters. The highest BCUT2D eigenvalue weighted by Gasteiger charge is 2.23. The summed E-state index contributed by atoms with van der Waals surface area (Å²) >= 11 is 3.30. The Morgan fingerprint density at radius 2 is 2.12 bits per heavy atom. The van der Waals surface area contributed by atoms with E-state index in [1.807, 2.05) is 19.1 Å². The highest BCUT2D eigenvalue weighted by atomic mass is 32.2. The molecule has 1 aliphatic carbocycles. The van der Waals surface area contributed by atoms with E-state index >= 15 is 0 Å². The molecule has 0 spiro atoms. The number of aromatic hydroxyl groups is 1. The first-order chi connectivity index (χ1) is 12.0. The van der Waals surface area contributed by atoms with Crippen molar-refractivity contribution < 1.29 is 5.11 Å². The molecule has 2 N–H and O–H groups in total. The lowest BCUT2D eigenvalue weighted by Crippen LogP contribution is -2.15. The van der Waals surface area contributed by atoms with Crippen LogP contribution in [0.2, 0.25) is 0 Å². The summed E-state index contributed by atoms with van der Waals surface area (Å²) in [5.41, 5.74) is 1.21. The van der Waals surface area contributed by atoms with Crippen LogP contribution < -0.4 is 5.56 Å². The van der Waals surface area contributed by atoms with E-state index < -0.39 is 0 Å². The van der Waals surface area contributed by atoms with Crippen molar-refractivity contribution in [2.24, 2.45) is 5.92 Å². The van der Waals surface area contributed by atoms with Crippen molar-refractivity contribution >= 4 is 33.3 Å². The smallest absolute Gasteiger partial charge is 0.259 e. The fraction of sp³-hybridized carbons (Fsp3) is 0.368. The zero-order chi connectivity index (χ0) is 17.6. The average molecular weight is 373 g/mol. The maximum absolute atomic E-state index is 12.7. The van der Waals surface area contributed by atoms with Gasteiger partial charge in [-0.15, -0.1) is 23.1 Å². The Balaban J connectivity index is 1.68. The van der Waals surface area contributed by atoms with Crippen LogP contribution in [-0.4, -0.2) is 15.1 Å². The van der Waals surface area contributed by atoms with E-state index in [2.05, 4.69) is 11.9 Å². The number of aromatic amines is 1. The number of thiophene rings is 1. The Hall–Kier alpha value is -1.79. The van der Waals surface area contributed by atoms with E-state index in [0.29, 0.717) is 11.7 Å². The molecule has 1 aliphatic rings. The van der Waals surface area contributed by atoms with Crippen LogP contribution in [-0.2, 0) is 12.8 Å². The predicted molar refractivity (Wildman–Crippen MR) is 104 cm³/mol. The van der Waals surface area contributed by atoms with Crippen molar-refractivity contribution in [3.8, 4) is 5.75 Å². The summed E-state index contributed by atoms with van der Waals surface area (Å²) in [5, 5.41) is 10.2. The largest absolute Gasteiger partial charge is 0.508 e. The minimum absolute atomic E-state index is 0.00907. The normalized spacial score (nSPS) is 18.2. The molecule has 4 rings (SSSR count). The van der Waals surface area contributed by atoms with Crippen molar-refractivity contribution in [3.63, 3.8) is 0 Å². The van der Waals surface area contributed by atoms with Crippen molar-refractivity contribution in [2.45, 2.75) is 43.3 Å². The van der Waals surface area contributed by atoms with E-state index in [-0.39, 0.29) is 16.6 Å². The minimum Gasteiger partial charge on any atom is -0.508 e. The molecule has 6 heteroatoms. The standard InChI is InChI=1S/C19H20N2O2S2/c1-10-3-8-14-15(9-10)25-19-16(14)18(23)20-17(21-19)11(2)24-13-6-4-12(22)5-7-13/h4-7,10-11,22H,3,8-9H2,1-2H3,(H,20,21,23). The summed E-state index contributed by atoms with van der Waals surface area (Å²) in [6.45, 7) is 4.31. The summed E-state index contributed by atoms with van der Waals surface area (Å²) in [5.74, 6) is 1.65. The Kier molecular flexibility index (Phi) is 4.33. The van der Waals surface area contributed by atoms with Gasteiger partial charge >= 0.3 is 0 Å². The van der Waals surface area contributed by atoms with Gasteiger partial charge in [-0.05, 0) is 61.9 Å². The van der Waals surface area contributed by atoms with E-state index in [9.17, 15) is 9.90 Å². The highest BCUT2D eigenvalue weighted by molar-refractivity contribution is 7.99. The third kappa shape index (κ3) is 3.20. The van der Waals surface area contributed by atoms with Gasteiger partial charge in [0, 0.05) is 9.77 Å². The molecule has 0 radical (unpaired) electrons. The number of nitrogens with zero attached hydrogens (tertiary/aromatic N) is 1. The van der Waals surface area contributed by atoms with Crippen LogP contribution in [0.1, 0.15) is 41.8 Å². The summed E-state index contributed by atoms with van der Waals surface area (Å²) in [6.07, 6.45) is 3.19. The van der Waals surface area contributed by atoms with E-state index in [1.165, 1.54) is 10.4 Å². The maximum Gasteiger partial charge on any atom is 0.259 e. The van der Waals surface area contributed by atoms with Gasteiger partial charge in [-0.3, -0.25) is 4.79 Å². The van der Waals surface area contributed by atoms with Crippen molar-refractivity contribution in [1.82, 2.24) is 9.97 Å². The number of phenols is 1. The number of H-pyrrole nitrogens is 1. The second-order valence-electron chi connectivity index (χ2n) is 6.74. The zero-order valence-electron chi connectivity index (χ0n) is 14.2. The predicted octanol–water partition coefficient (Wildman–Crippen LogP) is 4.67. The number of aromatic nitrogens is 2. The van der Waals surface area contributed by atoms with Gasteiger partial charge in [-0.25, -0.2) is 4.98 Å². The highest BCUT2D eigenvalue weighted by Crippen LogP contribution is 2.38. The molecule has 0 bridgehead atoms. The van der Waals surface area contributed by atoms with E-state index in [0.717, 1.165) is 34.4 Å². The van der Waals surface area contributed by atoms with E-state index in [4.69, 9.17) is 4.98 Å². The number of phenolic OH excluding ortho intramolecular Hbond substituents is 1. The topological polar surface area (TPSA) is 66.0 Å². The fourth-order valence-corrected chi connectivity index (χ4v) is 5.66. The second kappa shape index (κ2) is 6.50. The molecule has 0 saturated heterocycles. The first-order valence-electron chi connectivity index (χ1n) is 8.51. The average Bonchev–Trinajstić information content (AvgIpc) is 2.94. The van der Waals surface area contributed by atoms with Crippen molar-refractivity contribution in [2.75, 3.05) is 0 Å². The van der Waals surface area contributed by atoms with Gasteiger partial charge in [0.15, 0.2) is 0 Å². The number of hydrogen-bond acceptors (Lipinski definition) is 5. The summed E-state index contributed by atoms with van der Waals surface area (Å²) < 4.78 is 0. The molecule has 25 heavy (non-hydrogen) atoms. The molecule has 2 heterocycles. The molecule has 4 nitrogen and oxygen atoms in total. The number of hydrogen-bond donors (Lipinski definition) is 2. The SMILES string of the molecule is CC1CCc2c(sc3nc(C(C)Sc4ccc(O)cc4)[nH]c(=O)c23)C1. The third-order valence-electron chi connectivity index (χ3n) is 4.72. The maximum atomic E-state index is 12.7. The first-order valence-corrected chi connectivity index (χ1v) is 10.2. The molecule has 0 aliphatic heterocycles. The lowest BCUT2D eigenvalue weighted by Gasteiger charge is -2.17. The van der Waals surface area contributed by atoms with Crippen LogP contribution in [0.15, 0.2) is 34.0 Å². The molecule has 2 aromatic heterocycles. The van der Waals surface area contributed by atoms with Crippen LogP contribution in [0.25, 0.3) is 10.2 Å². The Morgan fingerprint density at radius 1 is 1.36 bits per heavy atom. The fourth-order valence-electron chi connectivity index (χ4n) is 3.34. The van der Waals surface area contributed by atoms with Gasteiger partial charge in [-0.1, -0.05) is 6.92 Å². The van der Waals surface area contributed by atoms with Gasteiger partial charge in [-0.2, -0.15) is 0 Å². The molecular weight excluding hydrogens is 352 g/mol. The lowest BCUT2D eigenvalue weighted by molar-refractivity contribution is 0.475. The Bertz CT molecular complexity index is 975. The molecule has 130 valence electrons. The number of fused-ring (bicyclic) bond motifs is 3. The van der Waals surface area contributed by atoms with Crippen molar-refractivity contribution in [1.29, 1.82) is 0 Å². The molecule has 0 amide bonds. The van der Waals surface area contributed by atoms with Crippen LogP contribution in [0.3, 0.4) is 0 Å².